The molecule has 23 heavy (non-hydrogen) atoms. The molecule has 1 aromatic heterocycles. The van der Waals surface area contributed by atoms with E-state index in [1.807, 2.05) is 55.5 Å². The zero-order valence-electron chi connectivity index (χ0n) is 13.3. The second-order valence-electron chi connectivity index (χ2n) is 5.50. The number of pyridine rings is 1. The summed E-state index contributed by atoms with van der Waals surface area (Å²) in [5.74, 6) is 0.742. The van der Waals surface area contributed by atoms with Crippen LogP contribution in [-0.4, -0.2) is 23.7 Å². The van der Waals surface area contributed by atoms with Gasteiger partial charge in [-0.05, 0) is 36.2 Å². The average Bonchev–Trinajstić information content (AvgIpc) is 2.60. The number of nitrogens with zero attached hydrogens (tertiary/aromatic N) is 1. The molecule has 0 saturated heterocycles. The number of hydrogen-bond donors (Lipinski definition) is 2. The fraction of sp³-hybridized carbons (Fsp3) is 0.211. The van der Waals surface area contributed by atoms with E-state index in [9.17, 15) is 5.11 Å². The van der Waals surface area contributed by atoms with Gasteiger partial charge in [0, 0.05) is 23.8 Å². The second kappa shape index (κ2) is 6.67. The molecule has 118 valence electrons. The summed E-state index contributed by atoms with van der Waals surface area (Å²) in [4.78, 5) is 4.43. The number of para-hydroxylation sites is 1. The number of aliphatic hydroxyl groups excluding tert-OH is 1. The van der Waals surface area contributed by atoms with E-state index in [0.29, 0.717) is 6.54 Å². The second-order valence-corrected chi connectivity index (χ2v) is 5.50. The van der Waals surface area contributed by atoms with E-state index in [0.717, 1.165) is 33.5 Å². The highest BCUT2D eigenvalue weighted by Crippen LogP contribution is 2.25. The van der Waals surface area contributed by atoms with Gasteiger partial charge in [-0.2, -0.15) is 0 Å². The molecule has 4 nitrogen and oxygen atoms in total. The largest absolute Gasteiger partial charge is 0.497 e. The maximum absolute atomic E-state index is 10.4. The number of methoxy groups -OCH3 is 1. The Morgan fingerprint density at radius 3 is 2.83 bits per heavy atom. The molecule has 1 heterocycles. The highest BCUT2D eigenvalue weighted by molar-refractivity contribution is 5.92. The normalized spacial score (nSPS) is 12.1. The summed E-state index contributed by atoms with van der Waals surface area (Å²) in [5.41, 5.74) is 3.92. The Hall–Kier alpha value is -2.59. The molecule has 0 spiro atoms. The van der Waals surface area contributed by atoms with Crippen molar-refractivity contribution in [2.24, 2.45) is 0 Å². The van der Waals surface area contributed by atoms with Gasteiger partial charge in [0.2, 0.25) is 0 Å². The third kappa shape index (κ3) is 3.27. The van der Waals surface area contributed by atoms with Gasteiger partial charge in [-0.3, -0.25) is 4.98 Å². The number of anilines is 1. The third-order valence-corrected chi connectivity index (χ3v) is 3.94. The minimum atomic E-state index is -0.613. The molecule has 0 aliphatic carbocycles. The Morgan fingerprint density at radius 1 is 1.17 bits per heavy atom. The molecule has 3 rings (SSSR count). The number of hydrogen-bond acceptors (Lipinski definition) is 4. The quantitative estimate of drug-likeness (QED) is 0.754. The number of nitrogens with one attached hydrogen (secondary N) is 1. The maximum Gasteiger partial charge on any atom is 0.119 e. The lowest BCUT2D eigenvalue weighted by Gasteiger charge is -2.15. The Balaban J connectivity index is 1.79. The van der Waals surface area contributed by atoms with Crippen molar-refractivity contribution in [1.82, 2.24) is 4.98 Å². The van der Waals surface area contributed by atoms with Gasteiger partial charge in [0.15, 0.2) is 0 Å². The first kappa shape index (κ1) is 15.3. The number of ether oxygens (including phenoxy) is 1. The van der Waals surface area contributed by atoms with Gasteiger partial charge in [0.1, 0.15) is 5.75 Å². The molecule has 2 aromatic carbocycles. The molecule has 0 aliphatic heterocycles. The predicted octanol–water partition coefficient (Wildman–Crippen LogP) is 3.70. The molecule has 0 saturated carbocycles. The number of aryl methyl sites for hydroxylation is 1. The van der Waals surface area contributed by atoms with Crippen molar-refractivity contribution >= 4 is 16.6 Å². The van der Waals surface area contributed by atoms with Crippen LogP contribution in [0.2, 0.25) is 0 Å². The SMILES string of the molecule is COc1cccc(C(O)CNc2ccnc3c(C)cccc23)c1. The molecule has 0 bridgehead atoms. The van der Waals surface area contributed by atoms with Crippen molar-refractivity contribution < 1.29 is 9.84 Å². The summed E-state index contributed by atoms with van der Waals surface area (Å²) in [6, 6.07) is 15.5. The number of aromatic nitrogens is 1. The molecule has 0 fully saturated rings. The first-order chi connectivity index (χ1) is 11.2. The average molecular weight is 308 g/mol. The zero-order valence-corrected chi connectivity index (χ0v) is 13.3. The van der Waals surface area contributed by atoms with E-state index in [1.54, 1.807) is 13.3 Å². The summed E-state index contributed by atoms with van der Waals surface area (Å²) in [6.07, 6.45) is 1.17. The summed E-state index contributed by atoms with van der Waals surface area (Å²) in [7, 11) is 1.62. The van der Waals surface area contributed by atoms with Crippen LogP contribution in [0.4, 0.5) is 5.69 Å². The fourth-order valence-corrected chi connectivity index (χ4v) is 2.65. The van der Waals surface area contributed by atoms with E-state index in [2.05, 4.69) is 10.3 Å². The van der Waals surface area contributed by atoms with Crippen LogP contribution in [0, 0.1) is 6.92 Å². The lowest BCUT2D eigenvalue weighted by atomic mass is 10.1. The smallest absolute Gasteiger partial charge is 0.119 e. The number of benzene rings is 2. The summed E-state index contributed by atoms with van der Waals surface area (Å²) in [5, 5.41) is 14.8. The molecule has 1 unspecified atom stereocenters. The van der Waals surface area contributed by atoms with Crippen LogP contribution in [0.3, 0.4) is 0 Å². The summed E-state index contributed by atoms with van der Waals surface area (Å²) in [6.45, 7) is 2.46. The minimum absolute atomic E-state index is 0.417. The van der Waals surface area contributed by atoms with Gasteiger partial charge in [0.05, 0.1) is 18.7 Å². The molecule has 3 aromatic rings. The predicted molar refractivity (Wildman–Crippen MR) is 92.9 cm³/mol. The molecule has 1 atom stereocenters. The molecule has 4 heteroatoms. The van der Waals surface area contributed by atoms with Gasteiger partial charge >= 0.3 is 0 Å². The van der Waals surface area contributed by atoms with Crippen molar-refractivity contribution in [3.63, 3.8) is 0 Å². The Bertz CT molecular complexity index is 817. The Morgan fingerprint density at radius 2 is 2.00 bits per heavy atom. The molecular formula is C19H20N2O2. The van der Waals surface area contributed by atoms with E-state index in [-0.39, 0.29) is 0 Å². The van der Waals surface area contributed by atoms with Crippen LogP contribution in [0.15, 0.2) is 54.7 Å². The Kier molecular flexibility index (Phi) is 4.44. The molecule has 0 aliphatic rings. The maximum atomic E-state index is 10.4. The van der Waals surface area contributed by atoms with Crippen molar-refractivity contribution in [2.75, 3.05) is 19.0 Å². The van der Waals surface area contributed by atoms with Crippen molar-refractivity contribution in [3.8, 4) is 5.75 Å². The fourth-order valence-electron chi connectivity index (χ4n) is 2.65. The van der Waals surface area contributed by atoms with Crippen LogP contribution >= 0.6 is 0 Å². The van der Waals surface area contributed by atoms with Crippen molar-refractivity contribution in [2.45, 2.75) is 13.0 Å². The number of rotatable bonds is 5. The van der Waals surface area contributed by atoms with Crippen LogP contribution in [0.5, 0.6) is 5.75 Å². The van der Waals surface area contributed by atoms with Crippen molar-refractivity contribution in [1.29, 1.82) is 0 Å². The first-order valence-corrected chi connectivity index (χ1v) is 7.59. The van der Waals surface area contributed by atoms with Gasteiger partial charge in [-0.1, -0.05) is 30.3 Å². The molecule has 0 amide bonds. The van der Waals surface area contributed by atoms with Crippen molar-refractivity contribution in [3.05, 3.63) is 65.9 Å². The van der Waals surface area contributed by atoms with Gasteiger partial charge in [0.25, 0.3) is 0 Å². The standard InChI is InChI=1S/C19H20N2O2/c1-13-5-3-8-16-17(9-10-20-19(13)16)21-12-18(22)14-6-4-7-15(11-14)23-2/h3-11,18,22H,12H2,1-2H3,(H,20,21). The summed E-state index contributed by atoms with van der Waals surface area (Å²) < 4.78 is 5.20. The molecular weight excluding hydrogens is 288 g/mol. The van der Waals surface area contributed by atoms with E-state index in [1.165, 1.54) is 0 Å². The lowest BCUT2D eigenvalue weighted by molar-refractivity contribution is 0.191. The van der Waals surface area contributed by atoms with Crippen LogP contribution in [0.25, 0.3) is 10.9 Å². The minimum Gasteiger partial charge on any atom is -0.497 e. The van der Waals surface area contributed by atoms with Crippen LogP contribution in [0.1, 0.15) is 17.2 Å². The molecule has 2 N–H and O–H groups in total. The number of fused-ring (bicyclic) bond motifs is 1. The van der Waals surface area contributed by atoms with Gasteiger partial charge < -0.3 is 15.2 Å². The zero-order chi connectivity index (χ0) is 16.2. The highest BCUT2D eigenvalue weighted by atomic mass is 16.5. The monoisotopic (exact) mass is 308 g/mol. The van der Waals surface area contributed by atoms with Gasteiger partial charge in [-0.25, -0.2) is 0 Å². The van der Waals surface area contributed by atoms with Gasteiger partial charge in [-0.15, -0.1) is 0 Å². The lowest BCUT2D eigenvalue weighted by Crippen LogP contribution is -2.12. The highest BCUT2D eigenvalue weighted by Gasteiger charge is 2.10. The van der Waals surface area contributed by atoms with E-state index < -0.39 is 6.10 Å². The van der Waals surface area contributed by atoms with Crippen LogP contribution < -0.4 is 10.1 Å². The third-order valence-electron chi connectivity index (χ3n) is 3.94. The van der Waals surface area contributed by atoms with E-state index >= 15 is 0 Å². The molecule has 0 radical (unpaired) electrons. The Labute approximate surface area is 135 Å². The first-order valence-electron chi connectivity index (χ1n) is 7.59. The topological polar surface area (TPSA) is 54.4 Å². The van der Waals surface area contributed by atoms with E-state index in [4.69, 9.17) is 4.74 Å². The summed E-state index contributed by atoms with van der Waals surface area (Å²) >= 11 is 0. The van der Waals surface area contributed by atoms with Crippen LogP contribution in [-0.2, 0) is 0 Å². The number of aliphatic hydroxyl groups is 1.